The fourth-order valence-electron chi connectivity index (χ4n) is 2.74. The molecule has 0 heterocycles. The van der Waals surface area contributed by atoms with Gasteiger partial charge in [0, 0.05) is 19.7 Å². The highest BCUT2D eigenvalue weighted by atomic mass is 16.5. The van der Waals surface area contributed by atoms with Gasteiger partial charge in [0.1, 0.15) is 0 Å². The molecule has 0 aromatic carbocycles. The number of nitrogens with one attached hydrogen (secondary N) is 1. The second kappa shape index (κ2) is 7.38. The quantitative estimate of drug-likeness (QED) is 0.715. The molecule has 0 bridgehead atoms. The van der Waals surface area contributed by atoms with Gasteiger partial charge in [-0.15, -0.1) is 0 Å². The van der Waals surface area contributed by atoms with Gasteiger partial charge in [-0.25, -0.2) is 0 Å². The van der Waals surface area contributed by atoms with E-state index < -0.39 is 0 Å². The Labute approximate surface area is 108 Å². The van der Waals surface area contributed by atoms with Gasteiger partial charge in [0.15, 0.2) is 0 Å². The van der Waals surface area contributed by atoms with Crippen molar-refractivity contribution in [1.82, 2.24) is 5.32 Å². The minimum absolute atomic E-state index is 0.0326. The molecule has 0 aromatic heterocycles. The van der Waals surface area contributed by atoms with Gasteiger partial charge in [0.2, 0.25) is 0 Å². The van der Waals surface area contributed by atoms with Crippen molar-refractivity contribution in [2.75, 3.05) is 13.7 Å². The molecule has 0 aromatic rings. The van der Waals surface area contributed by atoms with E-state index in [0.717, 1.165) is 12.5 Å². The van der Waals surface area contributed by atoms with Gasteiger partial charge in [-0.05, 0) is 39.0 Å². The summed E-state index contributed by atoms with van der Waals surface area (Å²) in [7, 11) is 1.80. The molecule has 0 saturated heterocycles. The minimum Gasteiger partial charge on any atom is -0.377 e. The molecule has 0 amide bonds. The van der Waals surface area contributed by atoms with Gasteiger partial charge in [-0.2, -0.15) is 0 Å². The number of rotatable bonds is 6. The summed E-state index contributed by atoms with van der Waals surface area (Å²) in [5.41, 5.74) is -0.0326. The van der Waals surface area contributed by atoms with Crippen molar-refractivity contribution in [1.29, 1.82) is 0 Å². The van der Waals surface area contributed by atoms with E-state index in [-0.39, 0.29) is 5.60 Å². The summed E-state index contributed by atoms with van der Waals surface area (Å²) in [6, 6.07) is 0.714. The molecule has 17 heavy (non-hydrogen) atoms. The third-order valence-corrected chi connectivity index (χ3v) is 4.15. The Hall–Kier alpha value is -0.0800. The Bertz CT molecular complexity index is 203. The van der Waals surface area contributed by atoms with Crippen molar-refractivity contribution in [3.8, 4) is 0 Å². The third kappa shape index (κ3) is 5.87. The number of ether oxygens (including phenoxy) is 1. The molecule has 1 rings (SSSR count). The highest BCUT2D eigenvalue weighted by Gasteiger charge is 2.21. The number of hydrogen-bond acceptors (Lipinski definition) is 2. The lowest BCUT2D eigenvalue weighted by Crippen LogP contribution is -2.41. The van der Waals surface area contributed by atoms with E-state index in [1.165, 1.54) is 44.9 Å². The zero-order valence-corrected chi connectivity index (χ0v) is 12.2. The Morgan fingerprint density at radius 2 is 1.94 bits per heavy atom. The summed E-state index contributed by atoms with van der Waals surface area (Å²) in [4.78, 5) is 0. The van der Waals surface area contributed by atoms with Crippen molar-refractivity contribution >= 4 is 0 Å². The molecule has 1 aliphatic carbocycles. The molecule has 0 radical (unpaired) electrons. The molecule has 1 aliphatic rings. The zero-order valence-electron chi connectivity index (χ0n) is 12.2. The van der Waals surface area contributed by atoms with Crippen LogP contribution in [0.1, 0.15) is 65.7 Å². The first-order valence-electron chi connectivity index (χ1n) is 7.36. The minimum atomic E-state index is -0.0326. The van der Waals surface area contributed by atoms with Crippen LogP contribution in [-0.4, -0.2) is 25.3 Å². The predicted molar refractivity (Wildman–Crippen MR) is 74.4 cm³/mol. The summed E-state index contributed by atoms with van der Waals surface area (Å²) in [6.07, 6.45) is 9.73. The van der Waals surface area contributed by atoms with Crippen LogP contribution < -0.4 is 5.32 Å². The highest BCUT2D eigenvalue weighted by molar-refractivity contribution is 4.79. The average Bonchev–Trinajstić information content (AvgIpc) is 2.53. The van der Waals surface area contributed by atoms with Crippen LogP contribution in [0.2, 0.25) is 0 Å². The van der Waals surface area contributed by atoms with Gasteiger partial charge in [-0.3, -0.25) is 0 Å². The lowest BCUT2D eigenvalue weighted by atomic mass is 9.95. The maximum Gasteiger partial charge on any atom is 0.0746 e. The molecule has 2 heteroatoms. The maximum atomic E-state index is 5.46. The largest absolute Gasteiger partial charge is 0.377 e. The van der Waals surface area contributed by atoms with E-state index >= 15 is 0 Å². The lowest BCUT2D eigenvalue weighted by Gasteiger charge is -2.26. The van der Waals surface area contributed by atoms with Gasteiger partial charge in [0.05, 0.1) is 5.60 Å². The summed E-state index contributed by atoms with van der Waals surface area (Å²) in [5.74, 6) is 0.988. The standard InChI is InChI=1S/C15H31NO/c1-5-7-13-8-6-9-14(11-10-13)16-12-15(2,3)17-4/h13-14,16H,5-12H2,1-4H3. The van der Waals surface area contributed by atoms with E-state index in [9.17, 15) is 0 Å². The summed E-state index contributed by atoms with van der Waals surface area (Å²) in [5, 5.41) is 3.69. The maximum absolute atomic E-state index is 5.46. The third-order valence-electron chi connectivity index (χ3n) is 4.15. The molecule has 1 saturated carbocycles. The fourth-order valence-corrected chi connectivity index (χ4v) is 2.74. The highest BCUT2D eigenvalue weighted by Crippen LogP contribution is 2.26. The molecule has 2 atom stereocenters. The topological polar surface area (TPSA) is 21.3 Å². The van der Waals surface area contributed by atoms with Crippen molar-refractivity contribution in [2.24, 2.45) is 5.92 Å². The van der Waals surface area contributed by atoms with Crippen molar-refractivity contribution in [2.45, 2.75) is 77.4 Å². The van der Waals surface area contributed by atoms with Crippen molar-refractivity contribution in [3.63, 3.8) is 0 Å². The second-order valence-corrected chi connectivity index (χ2v) is 6.20. The molecule has 0 aliphatic heterocycles. The van der Waals surface area contributed by atoms with Gasteiger partial charge in [0.25, 0.3) is 0 Å². The van der Waals surface area contributed by atoms with Crippen LogP contribution in [-0.2, 0) is 4.74 Å². The summed E-state index contributed by atoms with van der Waals surface area (Å²) < 4.78 is 5.46. The molecule has 0 spiro atoms. The fraction of sp³-hybridized carbons (Fsp3) is 1.00. The Morgan fingerprint density at radius 3 is 2.59 bits per heavy atom. The lowest BCUT2D eigenvalue weighted by molar-refractivity contribution is 0.0206. The van der Waals surface area contributed by atoms with E-state index in [1.807, 2.05) is 0 Å². The molecule has 2 unspecified atom stereocenters. The molecule has 1 fully saturated rings. The van der Waals surface area contributed by atoms with E-state index in [4.69, 9.17) is 4.74 Å². The normalized spacial score (nSPS) is 26.8. The van der Waals surface area contributed by atoms with E-state index in [1.54, 1.807) is 7.11 Å². The van der Waals surface area contributed by atoms with Crippen LogP contribution in [0.3, 0.4) is 0 Å². The van der Waals surface area contributed by atoms with Gasteiger partial charge in [-0.1, -0.05) is 32.6 Å². The van der Waals surface area contributed by atoms with Crippen LogP contribution in [0.25, 0.3) is 0 Å². The first-order chi connectivity index (χ1) is 8.07. The van der Waals surface area contributed by atoms with Crippen LogP contribution in [0.4, 0.5) is 0 Å². The number of methoxy groups -OCH3 is 1. The van der Waals surface area contributed by atoms with Crippen LogP contribution in [0.5, 0.6) is 0 Å². The van der Waals surface area contributed by atoms with Crippen molar-refractivity contribution < 1.29 is 4.74 Å². The molecule has 2 nitrogen and oxygen atoms in total. The Morgan fingerprint density at radius 1 is 1.18 bits per heavy atom. The Kier molecular flexibility index (Phi) is 6.50. The molecular formula is C15H31NO. The van der Waals surface area contributed by atoms with Gasteiger partial charge >= 0.3 is 0 Å². The predicted octanol–water partition coefficient (Wildman–Crippen LogP) is 3.75. The van der Waals surface area contributed by atoms with Crippen LogP contribution in [0.15, 0.2) is 0 Å². The second-order valence-electron chi connectivity index (χ2n) is 6.20. The van der Waals surface area contributed by atoms with Crippen LogP contribution in [0, 0.1) is 5.92 Å². The zero-order chi connectivity index (χ0) is 12.7. The SMILES string of the molecule is CCCC1CCCC(NCC(C)(C)OC)CC1. The van der Waals surface area contributed by atoms with Gasteiger partial charge < -0.3 is 10.1 Å². The Balaban J connectivity index is 2.27. The first kappa shape index (κ1) is 15.0. The molecular weight excluding hydrogens is 210 g/mol. The molecule has 102 valence electrons. The summed E-state index contributed by atoms with van der Waals surface area (Å²) in [6.45, 7) is 7.57. The number of hydrogen-bond donors (Lipinski definition) is 1. The smallest absolute Gasteiger partial charge is 0.0746 e. The first-order valence-corrected chi connectivity index (χ1v) is 7.36. The van der Waals surface area contributed by atoms with E-state index in [2.05, 4.69) is 26.1 Å². The van der Waals surface area contributed by atoms with Crippen LogP contribution >= 0.6 is 0 Å². The molecule has 1 N–H and O–H groups in total. The summed E-state index contributed by atoms with van der Waals surface area (Å²) >= 11 is 0. The van der Waals surface area contributed by atoms with E-state index in [0.29, 0.717) is 6.04 Å². The average molecular weight is 241 g/mol. The monoisotopic (exact) mass is 241 g/mol. The van der Waals surface area contributed by atoms with Crippen molar-refractivity contribution in [3.05, 3.63) is 0 Å².